The van der Waals surface area contributed by atoms with E-state index in [2.05, 4.69) is 15.3 Å². The number of hydrogen-bond acceptors (Lipinski definition) is 4. The van der Waals surface area contributed by atoms with E-state index in [0.717, 1.165) is 18.2 Å². The standard InChI is InChI=1S/C18H15F3N4O3/c1-25(2)17-23-13-8-9(7-11(16(27)28)14(13)24-17)22-15(26)10-5-3-4-6-12(10)18(19,20)21/h3-8H,1-2H3,(H,22,26)(H,23,24)(H,27,28). The van der Waals surface area contributed by atoms with Gasteiger partial charge in [-0.1, -0.05) is 12.1 Å². The molecule has 3 aromatic rings. The second-order valence-corrected chi connectivity index (χ2v) is 6.18. The van der Waals surface area contributed by atoms with E-state index in [1.807, 2.05) is 0 Å². The maximum Gasteiger partial charge on any atom is 0.417 e. The number of rotatable bonds is 4. The van der Waals surface area contributed by atoms with Gasteiger partial charge in [0.25, 0.3) is 5.91 Å². The van der Waals surface area contributed by atoms with E-state index in [1.165, 1.54) is 18.2 Å². The van der Waals surface area contributed by atoms with Gasteiger partial charge >= 0.3 is 12.1 Å². The highest BCUT2D eigenvalue weighted by molar-refractivity contribution is 6.08. The Kier molecular flexibility index (Phi) is 4.72. The molecule has 0 aliphatic rings. The molecule has 0 aliphatic heterocycles. The zero-order valence-electron chi connectivity index (χ0n) is 14.8. The van der Waals surface area contributed by atoms with Gasteiger partial charge in [-0.25, -0.2) is 9.78 Å². The molecule has 3 rings (SSSR count). The number of hydrogen-bond donors (Lipinski definition) is 3. The van der Waals surface area contributed by atoms with Crippen molar-refractivity contribution in [2.75, 3.05) is 24.3 Å². The Morgan fingerprint density at radius 2 is 1.82 bits per heavy atom. The number of amides is 1. The molecular formula is C18H15F3N4O3. The summed E-state index contributed by atoms with van der Waals surface area (Å²) in [6, 6.07) is 6.92. The Balaban J connectivity index is 2.03. The van der Waals surface area contributed by atoms with Crippen LogP contribution in [0.3, 0.4) is 0 Å². The van der Waals surface area contributed by atoms with Crippen LogP contribution in [0.5, 0.6) is 0 Å². The van der Waals surface area contributed by atoms with E-state index in [9.17, 15) is 27.9 Å². The number of alkyl halides is 3. The van der Waals surface area contributed by atoms with Gasteiger partial charge in [0.15, 0.2) is 0 Å². The van der Waals surface area contributed by atoms with Crippen LogP contribution >= 0.6 is 0 Å². The number of aromatic amines is 1. The summed E-state index contributed by atoms with van der Waals surface area (Å²) in [5.74, 6) is -1.90. The Bertz CT molecular complexity index is 1070. The van der Waals surface area contributed by atoms with Crippen molar-refractivity contribution in [1.82, 2.24) is 9.97 Å². The quantitative estimate of drug-likeness (QED) is 0.630. The van der Waals surface area contributed by atoms with Crippen LogP contribution in [-0.2, 0) is 6.18 Å². The first kappa shape index (κ1) is 19.2. The minimum Gasteiger partial charge on any atom is -0.478 e. The number of carboxylic acids is 1. The van der Waals surface area contributed by atoms with Crippen LogP contribution in [0.1, 0.15) is 26.3 Å². The first-order chi connectivity index (χ1) is 13.1. The molecule has 146 valence electrons. The minimum atomic E-state index is -4.70. The fourth-order valence-electron chi connectivity index (χ4n) is 2.68. The summed E-state index contributed by atoms with van der Waals surface area (Å²) in [5, 5.41) is 11.8. The SMILES string of the molecule is CN(C)c1nc2c(C(=O)O)cc(NC(=O)c3ccccc3C(F)(F)F)cc2[nH]1. The minimum absolute atomic E-state index is 0.0285. The van der Waals surface area contributed by atoms with Crippen molar-refractivity contribution >= 4 is 34.5 Å². The number of halogens is 3. The fraction of sp³-hybridized carbons (Fsp3) is 0.167. The van der Waals surface area contributed by atoms with Crippen molar-refractivity contribution in [1.29, 1.82) is 0 Å². The van der Waals surface area contributed by atoms with Gasteiger partial charge in [-0.15, -0.1) is 0 Å². The monoisotopic (exact) mass is 392 g/mol. The van der Waals surface area contributed by atoms with Crippen LogP contribution in [-0.4, -0.2) is 41.0 Å². The molecule has 0 aliphatic carbocycles. The van der Waals surface area contributed by atoms with Gasteiger partial charge in [0.1, 0.15) is 5.52 Å². The molecule has 1 heterocycles. The number of fused-ring (bicyclic) bond motifs is 1. The average molecular weight is 392 g/mol. The zero-order chi connectivity index (χ0) is 20.6. The van der Waals surface area contributed by atoms with Gasteiger partial charge in [0.05, 0.1) is 22.2 Å². The summed E-state index contributed by atoms with van der Waals surface area (Å²) in [7, 11) is 3.41. The predicted molar refractivity (Wildman–Crippen MR) is 96.8 cm³/mol. The second kappa shape index (κ2) is 6.87. The summed E-state index contributed by atoms with van der Waals surface area (Å²) in [5.41, 5.74) is -1.32. The maximum absolute atomic E-state index is 13.1. The third-order valence-corrected chi connectivity index (χ3v) is 3.96. The molecule has 0 fully saturated rings. The summed E-state index contributed by atoms with van der Waals surface area (Å²) < 4.78 is 39.4. The van der Waals surface area contributed by atoms with E-state index in [-0.39, 0.29) is 16.8 Å². The van der Waals surface area contributed by atoms with Crippen molar-refractivity contribution in [3.05, 3.63) is 53.1 Å². The summed E-state index contributed by atoms with van der Waals surface area (Å²) >= 11 is 0. The van der Waals surface area contributed by atoms with Crippen LogP contribution in [0.4, 0.5) is 24.8 Å². The molecule has 2 aromatic carbocycles. The number of carbonyl (C=O) groups excluding carboxylic acids is 1. The first-order valence-corrected chi connectivity index (χ1v) is 8.00. The Labute approximate surface area is 156 Å². The zero-order valence-corrected chi connectivity index (χ0v) is 14.8. The number of aromatic carboxylic acids is 1. The molecule has 3 N–H and O–H groups in total. The van der Waals surface area contributed by atoms with Crippen LogP contribution in [0.15, 0.2) is 36.4 Å². The smallest absolute Gasteiger partial charge is 0.417 e. The molecule has 1 amide bonds. The van der Waals surface area contributed by atoms with Crippen molar-refractivity contribution in [2.24, 2.45) is 0 Å². The lowest BCUT2D eigenvalue weighted by Gasteiger charge is -2.13. The number of nitrogens with one attached hydrogen (secondary N) is 2. The number of aromatic nitrogens is 2. The third-order valence-electron chi connectivity index (χ3n) is 3.96. The van der Waals surface area contributed by atoms with E-state index in [0.29, 0.717) is 11.5 Å². The number of benzene rings is 2. The molecule has 7 nitrogen and oxygen atoms in total. The van der Waals surface area contributed by atoms with Crippen LogP contribution in [0.2, 0.25) is 0 Å². The summed E-state index contributed by atoms with van der Waals surface area (Å²) in [6.07, 6.45) is -4.70. The lowest BCUT2D eigenvalue weighted by Crippen LogP contribution is -2.18. The Morgan fingerprint density at radius 3 is 2.43 bits per heavy atom. The molecule has 0 saturated carbocycles. The van der Waals surface area contributed by atoms with Crippen molar-refractivity contribution in [3.8, 4) is 0 Å². The van der Waals surface area contributed by atoms with E-state index in [1.54, 1.807) is 19.0 Å². The topological polar surface area (TPSA) is 98.3 Å². The highest BCUT2D eigenvalue weighted by Crippen LogP contribution is 2.32. The largest absolute Gasteiger partial charge is 0.478 e. The molecule has 1 aromatic heterocycles. The number of H-pyrrole nitrogens is 1. The molecule has 10 heteroatoms. The van der Waals surface area contributed by atoms with Crippen molar-refractivity contribution in [3.63, 3.8) is 0 Å². The van der Waals surface area contributed by atoms with Gasteiger partial charge in [-0.05, 0) is 24.3 Å². The lowest BCUT2D eigenvalue weighted by atomic mass is 10.1. The molecule has 0 unspecified atom stereocenters. The number of anilines is 2. The molecule has 0 spiro atoms. The maximum atomic E-state index is 13.1. The molecule has 0 saturated heterocycles. The fourth-order valence-corrected chi connectivity index (χ4v) is 2.68. The van der Waals surface area contributed by atoms with Crippen LogP contribution in [0.25, 0.3) is 11.0 Å². The van der Waals surface area contributed by atoms with Gasteiger partial charge in [-0.3, -0.25) is 4.79 Å². The van der Waals surface area contributed by atoms with Gasteiger partial charge in [0, 0.05) is 19.8 Å². The highest BCUT2D eigenvalue weighted by atomic mass is 19.4. The van der Waals surface area contributed by atoms with E-state index >= 15 is 0 Å². The lowest BCUT2D eigenvalue weighted by molar-refractivity contribution is -0.137. The van der Waals surface area contributed by atoms with Gasteiger partial charge in [0.2, 0.25) is 5.95 Å². The highest BCUT2D eigenvalue weighted by Gasteiger charge is 2.34. The number of imidazole rings is 1. The molecule has 0 atom stereocenters. The average Bonchev–Trinajstić information content (AvgIpc) is 3.04. The van der Waals surface area contributed by atoms with Crippen LogP contribution < -0.4 is 10.2 Å². The third kappa shape index (κ3) is 3.61. The predicted octanol–water partition coefficient (Wildman–Crippen LogP) is 3.60. The summed E-state index contributed by atoms with van der Waals surface area (Å²) in [4.78, 5) is 32.7. The first-order valence-electron chi connectivity index (χ1n) is 8.00. The number of nitrogens with zero attached hydrogens (tertiary/aromatic N) is 2. The number of carboxylic acid groups (broad SMARTS) is 1. The van der Waals surface area contributed by atoms with Gasteiger partial charge < -0.3 is 20.3 Å². The van der Waals surface area contributed by atoms with Gasteiger partial charge in [-0.2, -0.15) is 13.2 Å². The Hall–Kier alpha value is -3.56. The van der Waals surface area contributed by atoms with Crippen molar-refractivity contribution < 1.29 is 27.9 Å². The van der Waals surface area contributed by atoms with Crippen LogP contribution in [0, 0.1) is 0 Å². The van der Waals surface area contributed by atoms with E-state index < -0.39 is 29.2 Å². The second-order valence-electron chi connectivity index (χ2n) is 6.18. The molecule has 28 heavy (non-hydrogen) atoms. The van der Waals surface area contributed by atoms with E-state index in [4.69, 9.17) is 0 Å². The van der Waals surface area contributed by atoms with Crippen molar-refractivity contribution in [2.45, 2.75) is 6.18 Å². The number of carbonyl (C=O) groups is 2. The molecule has 0 radical (unpaired) electrons. The normalized spacial score (nSPS) is 11.5. The molecular weight excluding hydrogens is 377 g/mol. The summed E-state index contributed by atoms with van der Waals surface area (Å²) in [6.45, 7) is 0. The Morgan fingerprint density at radius 1 is 1.14 bits per heavy atom. The molecule has 0 bridgehead atoms.